The molecule has 0 aliphatic carbocycles. The fraction of sp³-hybridized carbons (Fsp3) is 0.321. The van der Waals surface area contributed by atoms with Gasteiger partial charge in [0.1, 0.15) is 11.5 Å². The molecule has 2 aliphatic heterocycles. The number of nitrogens with one attached hydrogen (secondary N) is 2. The molecule has 11 heteroatoms. The van der Waals surface area contributed by atoms with Crippen molar-refractivity contribution in [2.45, 2.75) is 19.4 Å². The molecule has 2 saturated heterocycles. The molecule has 0 spiro atoms. The quantitative estimate of drug-likeness (QED) is 0.383. The maximum absolute atomic E-state index is 11.8. The fourth-order valence-electron chi connectivity index (χ4n) is 4.63. The lowest BCUT2D eigenvalue weighted by Crippen LogP contribution is -2.38. The average molecular weight is 547 g/mol. The zero-order valence-corrected chi connectivity index (χ0v) is 22.7. The molecule has 0 bridgehead atoms. The molecule has 2 aliphatic rings. The van der Waals surface area contributed by atoms with Crippen LogP contribution in [0.25, 0.3) is 17.3 Å². The molecule has 2 fully saturated rings. The highest BCUT2D eigenvalue weighted by molar-refractivity contribution is 8.18. The monoisotopic (exact) mass is 546 g/mol. The number of methoxy groups -OCH3 is 2. The summed E-state index contributed by atoms with van der Waals surface area (Å²) >= 11 is 0.884. The maximum Gasteiger partial charge on any atom is 0.290 e. The lowest BCUT2D eigenvalue weighted by Gasteiger charge is -2.32. The second kappa shape index (κ2) is 12.3. The van der Waals surface area contributed by atoms with E-state index < -0.39 is 0 Å². The standard InChI is InChI=1S/C28H30N6O4S/c1-37-21-6-7-22(24(15-21)38-2)23-5-3-4-20(31-23)17-29-16-18-9-12-34(13-10-18)27-30-11-8-19(32-27)14-25-26(35)33-28(36)39-25/h3-8,11,14-15,18,29H,9-10,12-13,16-17H2,1-2H3,(H,33,35,36). The summed E-state index contributed by atoms with van der Waals surface area (Å²) in [5.41, 5.74) is 3.36. The van der Waals surface area contributed by atoms with Crippen LogP contribution in [0.5, 0.6) is 11.5 Å². The minimum absolute atomic E-state index is 0.345. The molecule has 5 rings (SSSR count). The van der Waals surface area contributed by atoms with Gasteiger partial charge in [0.25, 0.3) is 11.1 Å². The molecule has 0 atom stereocenters. The van der Waals surface area contributed by atoms with Gasteiger partial charge in [-0.1, -0.05) is 6.07 Å². The van der Waals surface area contributed by atoms with Gasteiger partial charge in [0.05, 0.1) is 36.2 Å². The molecule has 2 amide bonds. The number of imide groups is 1. The zero-order valence-electron chi connectivity index (χ0n) is 21.8. The van der Waals surface area contributed by atoms with Gasteiger partial charge < -0.3 is 19.7 Å². The lowest BCUT2D eigenvalue weighted by molar-refractivity contribution is -0.115. The molecule has 2 aromatic heterocycles. The number of rotatable bonds is 9. The van der Waals surface area contributed by atoms with Crippen molar-refractivity contribution in [3.63, 3.8) is 0 Å². The number of benzene rings is 1. The van der Waals surface area contributed by atoms with Crippen molar-refractivity contribution in [2.24, 2.45) is 5.92 Å². The predicted octanol–water partition coefficient (Wildman–Crippen LogP) is 3.89. The number of hydrogen-bond acceptors (Lipinski definition) is 10. The summed E-state index contributed by atoms with van der Waals surface area (Å²) in [7, 11) is 3.28. The minimum atomic E-state index is -0.388. The van der Waals surface area contributed by atoms with E-state index in [1.54, 1.807) is 32.6 Å². The number of thioether (sulfide) groups is 1. The summed E-state index contributed by atoms with van der Waals surface area (Å²) in [5.74, 6) is 2.26. The number of ether oxygens (including phenoxy) is 2. The highest BCUT2D eigenvalue weighted by Crippen LogP contribution is 2.32. The van der Waals surface area contributed by atoms with Crippen LogP contribution in [0, 0.1) is 5.92 Å². The first-order valence-electron chi connectivity index (χ1n) is 12.7. The van der Waals surface area contributed by atoms with E-state index in [0.717, 1.165) is 72.7 Å². The Bertz CT molecular complexity index is 1390. The summed E-state index contributed by atoms with van der Waals surface area (Å²) in [5, 5.41) is 5.47. The number of pyridine rings is 1. The molecule has 10 nitrogen and oxygen atoms in total. The van der Waals surface area contributed by atoms with Crippen LogP contribution >= 0.6 is 11.8 Å². The molecule has 202 valence electrons. The first-order chi connectivity index (χ1) is 19.0. The van der Waals surface area contributed by atoms with Crippen LogP contribution < -0.4 is 25.0 Å². The normalized spacial score (nSPS) is 17.0. The summed E-state index contributed by atoms with van der Waals surface area (Å²) in [4.78, 5) is 39.6. The Hall–Kier alpha value is -3.96. The van der Waals surface area contributed by atoms with Crippen molar-refractivity contribution in [3.8, 4) is 22.8 Å². The molecular formula is C28H30N6O4S. The van der Waals surface area contributed by atoms with E-state index in [2.05, 4.69) is 25.5 Å². The maximum atomic E-state index is 11.8. The number of piperidine rings is 1. The van der Waals surface area contributed by atoms with Crippen molar-refractivity contribution >= 4 is 34.9 Å². The zero-order chi connectivity index (χ0) is 27.2. The van der Waals surface area contributed by atoms with Crippen LogP contribution in [0.4, 0.5) is 10.7 Å². The van der Waals surface area contributed by atoms with Gasteiger partial charge in [0.15, 0.2) is 0 Å². The molecule has 0 radical (unpaired) electrons. The minimum Gasteiger partial charge on any atom is -0.497 e. The second-order valence-corrected chi connectivity index (χ2v) is 10.3. The van der Waals surface area contributed by atoms with Gasteiger partial charge in [-0.25, -0.2) is 9.97 Å². The predicted molar refractivity (Wildman–Crippen MR) is 151 cm³/mol. The van der Waals surface area contributed by atoms with Gasteiger partial charge >= 0.3 is 0 Å². The Balaban J connectivity index is 1.13. The first-order valence-corrected chi connectivity index (χ1v) is 13.6. The molecule has 0 unspecified atom stereocenters. The Morgan fingerprint density at radius 1 is 1.10 bits per heavy atom. The van der Waals surface area contributed by atoms with Crippen LogP contribution in [0.1, 0.15) is 24.2 Å². The Labute approximate surface area is 231 Å². The van der Waals surface area contributed by atoms with Crippen molar-refractivity contribution in [2.75, 3.05) is 38.8 Å². The smallest absolute Gasteiger partial charge is 0.290 e. The Morgan fingerprint density at radius 2 is 1.95 bits per heavy atom. The summed E-state index contributed by atoms with van der Waals surface area (Å²) in [6.07, 6.45) is 5.35. The van der Waals surface area contributed by atoms with Gasteiger partial charge in [-0.2, -0.15) is 0 Å². The Kier molecular flexibility index (Phi) is 8.38. The molecule has 2 N–H and O–H groups in total. The number of carbonyl (C=O) groups excluding carboxylic acids is 2. The van der Waals surface area contributed by atoms with Gasteiger partial charge in [-0.15, -0.1) is 0 Å². The van der Waals surface area contributed by atoms with E-state index in [-0.39, 0.29) is 11.1 Å². The highest BCUT2D eigenvalue weighted by atomic mass is 32.2. The van der Waals surface area contributed by atoms with E-state index >= 15 is 0 Å². The molecule has 0 saturated carbocycles. The molecule has 39 heavy (non-hydrogen) atoms. The summed E-state index contributed by atoms with van der Waals surface area (Å²) in [6.45, 7) is 3.29. The number of carbonyl (C=O) groups is 2. The van der Waals surface area contributed by atoms with E-state index in [1.807, 2.05) is 36.4 Å². The number of amides is 2. The molecule has 3 aromatic rings. The average Bonchev–Trinajstić information content (AvgIpc) is 3.29. The summed E-state index contributed by atoms with van der Waals surface area (Å²) in [6, 6.07) is 13.5. The van der Waals surface area contributed by atoms with Crippen molar-refractivity contribution < 1.29 is 19.1 Å². The van der Waals surface area contributed by atoms with Crippen LogP contribution in [0.15, 0.2) is 53.6 Å². The second-order valence-electron chi connectivity index (χ2n) is 9.28. The van der Waals surface area contributed by atoms with Crippen molar-refractivity contribution in [1.82, 2.24) is 25.6 Å². The van der Waals surface area contributed by atoms with Crippen LogP contribution in [-0.4, -0.2) is 60.0 Å². The first kappa shape index (κ1) is 26.6. The van der Waals surface area contributed by atoms with E-state index in [9.17, 15) is 9.59 Å². The highest BCUT2D eigenvalue weighted by Gasteiger charge is 2.26. The van der Waals surface area contributed by atoms with E-state index in [4.69, 9.17) is 14.5 Å². The third kappa shape index (κ3) is 6.55. The van der Waals surface area contributed by atoms with Crippen molar-refractivity contribution in [1.29, 1.82) is 0 Å². The van der Waals surface area contributed by atoms with Crippen LogP contribution in [-0.2, 0) is 11.3 Å². The van der Waals surface area contributed by atoms with Gasteiger partial charge in [-0.05, 0) is 73.5 Å². The third-order valence-corrected chi connectivity index (χ3v) is 7.52. The van der Waals surface area contributed by atoms with Gasteiger partial charge in [-0.3, -0.25) is 19.9 Å². The number of nitrogens with zero attached hydrogens (tertiary/aromatic N) is 4. The van der Waals surface area contributed by atoms with Gasteiger partial charge in [0.2, 0.25) is 5.95 Å². The van der Waals surface area contributed by atoms with Crippen LogP contribution in [0.3, 0.4) is 0 Å². The molecule has 4 heterocycles. The molecular weight excluding hydrogens is 516 g/mol. The van der Waals surface area contributed by atoms with Crippen molar-refractivity contribution in [3.05, 3.63) is 65.0 Å². The Morgan fingerprint density at radius 3 is 2.69 bits per heavy atom. The SMILES string of the molecule is COc1ccc(-c2cccc(CNCC3CCN(c4nccc(C=C5SC(=O)NC5=O)n4)CC3)n2)c(OC)c1. The van der Waals surface area contributed by atoms with E-state index in [0.29, 0.717) is 29.0 Å². The fourth-order valence-corrected chi connectivity index (χ4v) is 5.30. The van der Waals surface area contributed by atoms with Crippen LogP contribution in [0.2, 0.25) is 0 Å². The lowest BCUT2D eigenvalue weighted by atomic mass is 9.97. The van der Waals surface area contributed by atoms with E-state index in [1.165, 1.54) is 0 Å². The number of aromatic nitrogens is 3. The molecule has 1 aromatic carbocycles. The number of anilines is 1. The largest absolute Gasteiger partial charge is 0.497 e. The third-order valence-electron chi connectivity index (χ3n) is 6.71. The number of hydrogen-bond donors (Lipinski definition) is 2. The topological polar surface area (TPSA) is 119 Å². The van der Waals surface area contributed by atoms with Gasteiger partial charge in [0, 0.05) is 37.5 Å². The summed E-state index contributed by atoms with van der Waals surface area (Å²) < 4.78 is 10.9.